The summed E-state index contributed by atoms with van der Waals surface area (Å²) >= 11 is 7.36. The molecule has 1 heterocycles. The van der Waals surface area contributed by atoms with Gasteiger partial charge in [0.2, 0.25) is 0 Å². The van der Waals surface area contributed by atoms with Gasteiger partial charge in [0.05, 0.1) is 10.6 Å². The molecule has 0 radical (unpaired) electrons. The third-order valence-corrected chi connectivity index (χ3v) is 4.97. The number of amides is 2. The smallest absolute Gasteiger partial charge is 0.313 e. The van der Waals surface area contributed by atoms with E-state index in [2.05, 4.69) is 10.6 Å². The molecule has 0 spiro atoms. The molecule has 22 heavy (non-hydrogen) atoms. The van der Waals surface area contributed by atoms with Crippen molar-refractivity contribution >= 4 is 40.9 Å². The van der Waals surface area contributed by atoms with Crippen LogP contribution in [0.25, 0.3) is 0 Å². The van der Waals surface area contributed by atoms with Crippen molar-refractivity contribution in [2.45, 2.75) is 12.0 Å². The van der Waals surface area contributed by atoms with E-state index < -0.39 is 23.2 Å². The van der Waals surface area contributed by atoms with Crippen LogP contribution in [0.1, 0.15) is 6.42 Å². The van der Waals surface area contributed by atoms with Crippen LogP contribution in [0, 0.1) is 5.82 Å². The molecule has 1 aliphatic heterocycles. The number of hydrogen-bond acceptors (Lipinski definition) is 4. The van der Waals surface area contributed by atoms with Gasteiger partial charge in [-0.2, -0.15) is 11.8 Å². The summed E-state index contributed by atoms with van der Waals surface area (Å²) in [5, 5.41) is 4.81. The summed E-state index contributed by atoms with van der Waals surface area (Å²) in [6.45, 7) is 0.271. The Hall–Kier alpha value is -1.31. The van der Waals surface area contributed by atoms with E-state index in [1.54, 1.807) is 18.9 Å². The summed E-state index contributed by atoms with van der Waals surface area (Å²) in [7, 11) is 1.60. The fourth-order valence-electron chi connectivity index (χ4n) is 2.04. The van der Waals surface area contributed by atoms with Crippen molar-refractivity contribution in [2.24, 2.45) is 0 Å². The van der Waals surface area contributed by atoms with Crippen LogP contribution in [-0.4, -0.2) is 42.6 Å². The van der Waals surface area contributed by atoms with Crippen LogP contribution in [0.2, 0.25) is 5.02 Å². The minimum absolute atomic E-state index is 0.125. The molecule has 2 rings (SSSR count). The van der Waals surface area contributed by atoms with Crippen LogP contribution < -0.4 is 10.6 Å². The molecule has 0 unspecified atom stereocenters. The molecule has 1 aromatic carbocycles. The van der Waals surface area contributed by atoms with E-state index >= 15 is 0 Å². The van der Waals surface area contributed by atoms with Crippen molar-refractivity contribution in [3.63, 3.8) is 0 Å². The van der Waals surface area contributed by atoms with Crippen LogP contribution in [0.5, 0.6) is 0 Å². The van der Waals surface area contributed by atoms with E-state index in [-0.39, 0.29) is 17.3 Å². The Labute approximate surface area is 136 Å². The van der Waals surface area contributed by atoms with Crippen molar-refractivity contribution in [3.8, 4) is 0 Å². The first-order valence-corrected chi connectivity index (χ1v) is 8.16. The van der Waals surface area contributed by atoms with Gasteiger partial charge in [-0.25, -0.2) is 4.39 Å². The summed E-state index contributed by atoms with van der Waals surface area (Å²) in [5.41, 5.74) is -0.163. The first-order chi connectivity index (χ1) is 10.5. The number of carbonyl (C=O) groups is 2. The van der Waals surface area contributed by atoms with Gasteiger partial charge < -0.3 is 15.4 Å². The highest BCUT2D eigenvalue weighted by Crippen LogP contribution is 2.30. The Morgan fingerprint density at radius 1 is 1.45 bits per heavy atom. The Balaban J connectivity index is 1.89. The molecule has 0 bridgehead atoms. The molecule has 1 saturated heterocycles. The number of methoxy groups -OCH3 is 1. The van der Waals surface area contributed by atoms with E-state index in [1.807, 2.05) is 0 Å². The minimum Gasteiger partial charge on any atom is -0.376 e. The van der Waals surface area contributed by atoms with Crippen molar-refractivity contribution in [1.29, 1.82) is 0 Å². The van der Waals surface area contributed by atoms with Crippen molar-refractivity contribution in [2.75, 3.05) is 30.5 Å². The van der Waals surface area contributed by atoms with Gasteiger partial charge >= 0.3 is 11.8 Å². The lowest BCUT2D eigenvalue weighted by atomic mass is 10.0. The van der Waals surface area contributed by atoms with E-state index in [9.17, 15) is 14.0 Å². The molecule has 2 amide bonds. The number of benzene rings is 1. The van der Waals surface area contributed by atoms with Crippen molar-refractivity contribution in [1.82, 2.24) is 5.32 Å². The summed E-state index contributed by atoms with van der Waals surface area (Å²) in [5.74, 6) is -0.457. The van der Waals surface area contributed by atoms with Gasteiger partial charge in [0.25, 0.3) is 0 Å². The predicted molar refractivity (Wildman–Crippen MR) is 84.7 cm³/mol. The summed E-state index contributed by atoms with van der Waals surface area (Å²) in [4.78, 5) is 23.6. The summed E-state index contributed by atoms with van der Waals surface area (Å²) in [6, 6.07) is 3.69. The lowest BCUT2D eigenvalue weighted by Crippen LogP contribution is -2.47. The zero-order valence-electron chi connectivity index (χ0n) is 11.9. The first-order valence-electron chi connectivity index (χ1n) is 6.63. The monoisotopic (exact) mass is 346 g/mol. The van der Waals surface area contributed by atoms with Gasteiger partial charge in [0.1, 0.15) is 5.82 Å². The zero-order chi connectivity index (χ0) is 16.2. The standard InChI is InChI=1S/C14H16ClFN2O3S/c1-21-14(4-5-22-8-14)7-17-12(19)13(20)18-9-2-3-11(16)10(15)6-9/h2-3,6H,4-5,7-8H2,1H3,(H,17,19)(H,18,20)/t14-/m0/s1. The average molecular weight is 347 g/mol. The van der Waals surface area contributed by atoms with Crippen LogP contribution in [0.3, 0.4) is 0 Å². The second-order valence-corrected chi connectivity index (χ2v) is 6.47. The number of ether oxygens (including phenoxy) is 1. The molecule has 5 nitrogen and oxygen atoms in total. The van der Waals surface area contributed by atoms with Gasteiger partial charge in [-0.15, -0.1) is 0 Å². The average Bonchev–Trinajstić information content (AvgIpc) is 2.98. The molecule has 8 heteroatoms. The van der Waals surface area contributed by atoms with E-state index in [1.165, 1.54) is 12.1 Å². The highest BCUT2D eigenvalue weighted by Gasteiger charge is 2.35. The summed E-state index contributed by atoms with van der Waals surface area (Å²) in [6.07, 6.45) is 0.823. The number of halogens is 2. The first kappa shape index (κ1) is 17.1. The van der Waals surface area contributed by atoms with Gasteiger partial charge in [0, 0.05) is 25.1 Å². The molecule has 0 aliphatic carbocycles. The predicted octanol–water partition coefficient (Wildman–Crippen LogP) is 2.06. The van der Waals surface area contributed by atoms with E-state index in [0.29, 0.717) is 0 Å². The minimum atomic E-state index is -0.834. The zero-order valence-corrected chi connectivity index (χ0v) is 13.5. The van der Waals surface area contributed by atoms with E-state index in [0.717, 1.165) is 24.0 Å². The van der Waals surface area contributed by atoms with Crippen molar-refractivity contribution in [3.05, 3.63) is 29.0 Å². The Bertz CT molecular complexity index is 579. The maximum absolute atomic E-state index is 13.0. The fraction of sp³-hybridized carbons (Fsp3) is 0.429. The molecule has 120 valence electrons. The molecule has 1 fully saturated rings. The molecule has 1 aromatic rings. The lowest BCUT2D eigenvalue weighted by molar-refractivity contribution is -0.136. The second kappa shape index (κ2) is 7.30. The normalized spacial score (nSPS) is 20.7. The molecule has 1 atom stereocenters. The van der Waals surface area contributed by atoms with Gasteiger partial charge in [-0.1, -0.05) is 11.6 Å². The van der Waals surface area contributed by atoms with Gasteiger partial charge in [0.15, 0.2) is 0 Å². The fourth-order valence-corrected chi connectivity index (χ4v) is 3.62. The number of thioether (sulfide) groups is 1. The van der Waals surface area contributed by atoms with Crippen LogP contribution in [0.4, 0.5) is 10.1 Å². The number of hydrogen-bond donors (Lipinski definition) is 2. The van der Waals surface area contributed by atoms with Gasteiger partial charge in [-0.3, -0.25) is 9.59 Å². The third kappa shape index (κ3) is 4.12. The Morgan fingerprint density at radius 3 is 2.82 bits per heavy atom. The van der Waals surface area contributed by atoms with E-state index in [4.69, 9.17) is 16.3 Å². The lowest BCUT2D eigenvalue weighted by Gasteiger charge is -2.26. The number of carbonyl (C=O) groups excluding carboxylic acids is 2. The topological polar surface area (TPSA) is 67.4 Å². The highest BCUT2D eigenvalue weighted by molar-refractivity contribution is 7.99. The number of rotatable bonds is 4. The Morgan fingerprint density at radius 2 is 2.23 bits per heavy atom. The number of nitrogens with one attached hydrogen (secondary N) is 2. The molecular formula is C14H16ClFN2O3S. The summed E-state index contributed by atoms with van der Waals surface area (Å²) < 4.78 is 18.5. The molecule has 1 aliphatic rings. The van der Waals surface area contributed by atoms with Crippen LogP contribution >= 0.6 is 23.4 Å². The maximum atomic E-state index is 13.0. The second-order valence-electron chi connectivity index (χ2n) is 4.96. The van der Waals surface area contributed by atoms with Gasteiger partial charge in [-0.05, 0) is 30.4 Å². The Kier molecular flexibility index (Phi) is 5.66. The number of anilines is 1. The quantitative estimate of drug-likeness (QED) is 0.819. The largest absolute Gasteiger partial charge is 0.376 e. The maximum Gasteiger partial charge on any atom is 0.313 e. The highest BCUT2D eigenvalue weighted by atomic mass is 35.5. The third-order valence-electron chi connectivity index (χ3n) is 3.45. The molecule has 0 saturated carbocycles. The molecule has 2 N–H and O–H groups in total. The molecule has 0 aromatic heterocycles. The van der Waals surface area contributed by atoms with Crippen LogP contribution in [0.15, 0.2) is 18.2 Å². The SMILES string of the molecule is CO[C@]1(CNC(=O)C(=O)Nc2ccc(F)c(Cl)c2)CCSC1. The van der Waals surface area contributed by atoms with Crippen molar-refractivity contribution < 1.29 is 18.7 Å². The molecular weight excluding hydrogens is 331 g/mol. The van der Waals surface area contributed by atoms with Crippen LogP contribution in [-0.2, 0) is 14.3 Å².